The molecule has 0 heterocycles. The van der Waals surface area contributed by atoms with Gasteiger partial charge in [0, 0.05) is 13.1 Å². The number of carboxylic acid groups (broad SMARTS) is 1. The van der Waals surface area contributed by atoms with E-state index in [4.69, 9.17) is 5.11 Å². The molecule has 0 bridgehead atoms. The second-order valence-corrected chi connectivity index (χ2v) is 5.10. The summed E-state index contributed by atoms with van der Waals surface area (Å²) in [4.78, 5) is 24.9. The fraction of sp³-hybridized carbons (Fsp3) is 0.833. The number of amides is 1. The Morgan fingerprint density at radius 1 is 1.19 bits per heavy atom. The summed E-state index contributed by atoms with van der Waals surface area (Å²) < 4.78 is 0. The Bertz CT molecular complexity index is 303. The van der Waals surface area contributed by atoms with Gasteiger partial charge in [-0.3, -0.25) is 9.59 Å². The number of rotatable bonds is 3. The summed E-state index contributed by atoms with van der Waals surface area (Å²) in [5.41, 5.74) is -1.06. The molecule has 0 aromatic heterocycles. The molecule has 0 saturated heterocycles. The van der Waals surface area contributed by atoms with E-state index in [2.05, 4.69) is 0 Å². The van der Waals surface area contributed by atoms with Gasteiger partial charge in [0.1, 0.15) is 5.41 Å². The van der Waals surface area contributed by atoms with E-state index in [1.54, 1.807) is 11.9 Å². The first-order valence-corrected chi connectivity index (χ1v) is 6.08. The molecule has 2 aliphatic rings. The van der Waals surface area contributed by atoms with Crippen LogP contribution in [0, 0.1) is 5.41 Å². The van der Waals surface area contributed by atoms with E-state index in [1.165, 1.54) is 6.42 Å². The zero-order valence-corrected chi connectivity index (χ0v) is 9.74. The van der Waals surface area contributed by atoms with Crippen molar-refractivity contribution in [2.45, 2.75) is 51.0 Å². The van der Waals surface area contributed by atoms with Crippen molar-refractivity contribution in [1.82, 2.24) is 4.90 Å². The lowest BCUT2D eigenvalue weighted by Crippen LogP contribution is -2.44. The zero-order valence-electron chi connectivity index (χ0n) is 9.74. The largest absolute Gasteiger partial charge is 0.480 e. The summed E-state index contributed by atoms with van der Waals surface area (Å²) in [5, 5.41) is 9.07. The molecule has 0 aliphatic heterocycles. The number of hydrogen-bond acceptors (Lipinski definition) is 2. The monoisotopic (exact) mass is 225 g/mol. The standard InChI is InChI=1S/C12H19NO3/c1-13(9-5-3-2-4-6-9)10(14)12(7-8-12)11(15)16/h9H,2-8H2,1H3,(H,15,16). The maximum atomic E-state index is 12.1. The van der Waals surface area contributed by atoms with E-state index in [0.717, 1.165) is 25.7 Å². The molecule has 1 amide bonds. The van der Waals surface area contributed by atoms with Crippen molar-refractivity contribution in [2.75, 3.05) is 7.05 Å². The average molecular weight is 225 g/mol. The molecule has 4 nitrogen and oxygen atoms in total. The van der Waals surface area contributed by atoms with E-state index < -0.39 is 11.4 Å². The maximum Gasteiger partial charge on any atom is 0.319 e. The van der Waals surface area contributed by atoms with Gasteiger partial charge in [0.2, 0.25) is 5.91 Å². The second-order valence-electron chi connectivity index (χ2n) is 5.10. The normalized spacial score (nSPS) is 23.8. The number of carboxylic acids is 1. The highest BCUT2D eigenvalue weighted by Gasteiger charge is 2.58. The summed E-state index contributed by atoms with van der Waals surface area (Å²) in [5.74, 6) is -1.12. The minimum absolute atomic E-state index is 0.174. The molecular weight excluding hydrogens is 206 g/mol. The molecule has 90 valence electrons. The highest BCUT2D eigenvalue weighted by Crippen LogP contribution is 2.48. The summed E-state index contributed by atoms with van der Waals surface area (Å²) in [6.07, 6.45) is 6.62. The Hall–Kier alpha value is -1.06. The molecule has 2 rings (SSSR count). The fourth-order valence-electron chi connectivity index (χ4n) is 2.62. The number of carbonyl (C=O) groups is 2. The summed E-state index contributed by atoms with van der Waals surface area (Å²) in [6, 6.07) is 0.262. The lowest BCUT2D eigenvalue weighted by molar-refractivity contribution is -0.154. The number of aliphatic carboxylic acids is 1. The molecule has 0 aromatic rings. The summed E-state index contributed by atoms with van der Waals surface area (Å²) in [6.45, 7) is 0. The Labute approximate surface area is 95.6 Å². The van der Waals surface area contributed by atoms with Gasteiger partial charge in [-0.05, 0) is 25.7 Å². The van der Waals surface area contributed by atoms with Crippen LogP contribution in [0.1, 0.15) is 44.9 Å². The predicted molar refractivity (Wildman–Crippen MR) is 58.9 cm³/mol. The molecular formula is C12H19NO3. The van der Waals surface area contributed by atoms with Gasteiger partial charge in [-0.2, -0.15) is 0 Å². The van der Waals surface area contributed by atoms with Crippen LogP contribution in [0.15, 0.2) is 0 Å². The van der Waals surface area contributed by atoms with Gasteiger partial charge in [-0.1, -0.05) is 19.3 Å². The van der Waals surface area contributed by atoms with Crippen molar-refractivity contribution in [2.24, 2.45) is 5.41 Å². The van der Waals surface area contributed by atoms with Gasteiger partial charge in [0.05, 0.1) is 0 Å². The Balaban J connectivity index is 2.01. The topological polar surface area (TPSA) is 57.6 Å². The zero-order chi connectivity index (χ0) is 11.8. The van der Waals surface area contributed by atoms with Crippen LogP contribution in [0.5, 0.6) is 0 Å². The third-order valence-electron chi connectivity index (χ3n) is 4.01. The molecule has 0 atom stereocenters. The van der Waals surface area contributed by atoms with Crippen LogP contribution in [0.4, 0.5) is 0 Å². The smallest absolute Gasteiger partial charge is 0.319 e. The van der Waals surface area contributed by atoms with Crippen LogP contribution in [-0.2, 0) is 9.59 Å². The Morgan fingerprint density at radius 3 is 2.19 bits per heavy atom. The number of carbonyl (C=O) groups excluding carboxylic acids is 1. The molecule has 2 fully saturated rings. The van der Waals surface area contributed by atoms with Gasteiger partial charge in [-0.15, -0.1) is 0 Å². The molecule has 2 saturated carbocycles. The third kappa shape index (κ3) is 1.81. The van der Waals surface area contributed by atoms with Gasteiger partial charge in [0.25, 0.3) is 0 Å². The molecule has 16 heavy (non-hydrogen) atoms. The first-order valence-electron chi connectivity index (χ1n) is 6.08. The Kier molecular flexibility index (Phi) is 2.91. The molecule has 1 N–H and O–H groups in total. The molecule has 0 unspecified atom stereocenters. The highest BCUT2D eigenvalue weighted by molar-refractivity contribution is 6.04. The molecule has 0 aromatic carbocycles. The molecule has 0 radical (unpaired) electrons. The van der Waals surface area contributed by atoms with Crippen LogP contribution in [0.3, 0.4) is 0 Å². The fourth-order valence-corrected chi connectivity index (χ4v) is 2.62. The van der Waals surface area contributed by atoms with Crippen LogP contribution >= 0.6 is 0 Å². The number of nitrogens with zero attached hydrogens (tertiary/aromatic N) is 1. The third-order valence-corrected chi connectivity index (χ3v) is 4.01. The van der Waals surface area contributed by atoms with Gasteiger partial charge in [-0.25, -0.2) is 0 Å². The summed E-state index contributed by atoms with van der Waals surface area (Å²) in [7, 11) is 1.77. The summed E-state index contributed by atoms with van der Waals surface area (Å²) >= 11 is 0. The van der Waals surface area contributed by atoms with Crippen LogP contribution < -0.4 is 0 Å². The minimum atomic E-state index is -1.06. The first kappa shape index (κ1) is 11.4. The maximum absolute atomic E-state index is 12.1. The number of hydrogen-bond donors (Lipinski definition) is 1. The lowest BCUT2D eigenvalue weighted by Gasteiger charge is -2.32. The van der Waals surface area contributed by atoms with E-state index in [1.807, 2.05) is 0 Å². The van der Waals surface area contributed by atoms with E-state index >= 15 is 0 Å². The Morgan fingerprint density at radius 2 is 1.75 bits per heavy atom. The molecule has 0 spiro atoms. The molecule has 4 heteroatoms. The second kappa shape index (κ2) is 4.07. The lowest BCUT2D eigenvalue weighted by atomic mass is 9.93. The van der Waals surface area contributed by atoms with Crippen molar-refractivity contribution in [3.63, 3.8) is 0 Å². The van der Waals surface area contributed by atoms with E-state index in [9.17, 15) is 9.59 Å². The van der Waals surface area contributed by atoms with Gasteiger partial charge < -0.3 is 10.0 Å². The van der Waals surface area contributed by atoms with E-state index in [-0.39, 0.29) is 11.9 Å². The van der Waals surface area contributed by atoms with Crippen molar-refractivity contribution < 1.29 is 14.7 Å². The quantitative estimate of drug-likeness (QED) is 0.743. The minimum Gasteiger partial charge on any atom is -0.480 e. The van der Waals surface area contributed by atoms with Crippen molar-refractivity contribution in [1.29, 1.82) is 0 Å². The van der Waals surface area contributed by atoms with Crippen LogP contribution in [0.25, 0.3) is 0 Å². The predicted octanol–water partition coefficient (Wildman–Crippen LogP) is 1.64. The van der Waals surface area contributed by atoms with Gasteiger partial charge in [0.15, 0.2) is 0 Å². The van der Waals surface area contributed by atoms with Crippen LogP contribution in [-0.4, -0.2) is 35.0 Å². The van der Waals surface area contributed by atoms with E-state index in [0.29, 0.717) is 12.8 Å². The van der Waals surface area contributed by atoms with Gasteiger partial charge >= 0.3 is 5.97 Å². The first-order chi connectivity index (χ1) is 7.58. The van der Waals surface area contributed by atoms with Crippen molar-refractivity contribution >= 4 is 11.9 Å². The SMILES string of the molecule is CN(C(=O)C1(C(=O)O)CC1)C1CCCCC1. The van der Waals surface area contributed by atoms with Crippen LogP contribution in [0.2, 0.25) is 0 Å². The van der Waals surface area contributed by atoms with Crippen molar-refractivity contribution in [3.8, 4) is 0 Å². The molecule has 2 aliphatic carbocycles. The highest BCUT2D eigenvalue weighted by atomic mass is 16.4. The average Bonchev–Trinajstić information content (AvgIpc) is 3.09. The van der Waals surface area contributed by atoms with Crippen molar-refractivity contribution in [3.05, 3.63) is 0 Å².